The number of hydrogen-bond acceptors (Lipinski definition) is 4. The van der Waals surface area contributed by atoms with Crippen LogP contribution in [0.4, 0.5) is 0 Å². The molecule has 5 nitrogen and oxygen atoms in total. The van der Waals surface area contributed by atoms with Gasteiger partial charge in [-0.1, -0.05) is 42.5 Å². The highest BCUT2D eigenvalue weighted by molar-refractivity contribution is 5.79. The van der Waals surface area contributed by atoms with E-state index in [9.17, 15) is 4.79 Å². The molecule has 0 saturated carbocycles. The molecule has 35 heavy (non-hydrogen) atoms. The van der Waals surface area contributed by atoms with Crippen LogP contribution in [0, 0.1) is 11.3 Å². The Labute approximate surface area is 211 Å². The fraction of sp³-hybridized carbons (Fsp3) is 0.567. The predicted octanol–water partition coefficient (Wildman–Crippen LogP) is 4.63. The zero-order chi connectivity index (χ0) is 24.4. The molecule has 2 aromatic rings. The number of benzene rings is 2. The lowest BCUT2D eigenvalue weighted by atomic mass is 9.77. The molecule has 0 bridgehead atoms. The molecule has 1 amide bonds. The summed E-state index contributed by atoms with van der Waals surface area (Å²) in [6, 6.07) is 19.8. The summed E-state index contributed by atoms with van der Waals surface area (Å²) in [6.07, 6.45) is 2.98. The van der Waals surface area contributed by atoms with Crippen LogP contribution in [0.5, 0.6) is 5.75 Å². The van der Waals surface area contributed by atoms with Crippen LogP contribution in [-0.4, -0.2) is 73.0 Å². The lowest BCUT2D eigenvalue weighted by Gasteiger charge is -2.40. The summed E-state index contributed by atoms with van der Waals surface area (Å²) in [5.74, 6) is 2.47. The van der Waals surface area contributed by atoms with Crippen molar-refractivity contribution in [3.8, 4) is 5.75 Å². The van der Waals surface area contributed by atoms with Crippen LogP contribution in [-0.2, 0) is 11.3 Å². The molecule has 188 valence electrons. The standard InChI is InChI=1S/C30H41N3O2/c1-23(2)32-20-26(28(21-32)25-7-5-4-6-8-25)19-31-15-13-30(14-16-31)17-29(34)33(22-30)18-24-9-11-27(35-3)12-10-24/h4-12,23,26,28H,13-22H2,1-3H3. The van der Waals surface area contributed by atoms with Gasteiger partial charge in [0.05, 0.1) is 7.11 Å². The number of nitrogens with zero attached hydrogens (tertiary/aromatic N) is 3. The highest BCUT2D eigenvalue weighted by Crippen LogP contribution is 2.42. The molecule has 2 aromatic carbocycles. The first-order valence-corrected chi connectivity index (χ1v) is 13.4. The second-order valence-corrected chi connectivity index (χ2v) is 11.4. The van der Waals surface area contributed by atoms with Gasteiger partial charge in [-0.15, -0.1) is 0 Å². The lowest BCUT2D eigenvalue weighted by molar-refractivity contribution is -0.128. The topological polar surface area (TPSA) is 36.0 Å². The van der Waals surface area contributed by atoms with Crippen LogP contribution in [0.15, 0.2) is 54.6 Å². The molecule has 0 N–H and O–H groups in total. The maximum absolute atomic E-state index is 12.9. The summed E-state index contributed by atoms with van der Waals surface area (Å²) in [7, 11) is 1.68. The van der Waals surface area contributed by atoms with Crippen LogP contribution in [0.3, 0.4) is 0 Å². The molecule has 3 aliphatic rings. The number of piperidine rings is 1. The van der Waals surface area contributed by atoms with Gasteiger partial charge in [0.1, 0.15) is 5.75 Å². The van der Waals surface area contributed by atoms with Crippen molar-refractivity contribution in [1.82, 2.24) is 14.7 Å². The summed E-state index contributed by atoms with van der Waals surface area (Å²) in [4.78, 5) is 20.3. The Bertz CT molecular complexity index is 982. The Morgan fingerprint density at radius 1 is 1.00 bits per heavy atom. The second-order valence-electron chi connectivity index (χ2n) is 11.4. The lowest BCUT2D eigenvalue weighted by Crippen LogP contribution is -2.44. The van der Waals surface area contributed by atoms with Gasteiger partial charge in [-0.25, -0.2) is 0 Å². The molecule has 3 heterocycles. The van der Waals surface area contributed by atoms with Gasteiger partial charge in [0.2, 0.25) is 5.91 Å². The number of hydrogen-bond donors (Lipinski definition) is 0. The van der Waals surface area contributed by atoms with Crippen molar-refractivity contribution >= 4 is 5.91 Å². The van der Waals surface area contributed by atoms with Gasteiger partial charge in [-0.2, -0.15) is 0 Å². The molecule has 2 atom stereocenters. The first kappa shape index (κ1) is 24.3. The average molecular weight is 476 g/mol. The monoisotopic (exact) mass is 475 g/mol. The van der Waals surface area contributed by atoms with Gasteiger partial charge in [-0.05, 0) is 74.4 Å². The Hall–Kier alpha value is -2.37. The quantitative estimate of drug-likeness (QED) is 0.585. The molecule has 0 radical (unpaired) electrons. The highest BCUT2D eigenvalue weighted by Gasteiger charge is 2.45. The molecule has 0 aliphatic carbocycles. The zero-order valence-electron chi connectivity index (χ0n) is 21.7. The molecular formula is C30H41N3O2. The number of likely N-dealkylation sites (tertiary alicyclic amines) is 3. The summed E-state index contributed by atoms with van der Waals surface area (Å²) >= 11 is 0. The molecule has 3 saturated heterocycles. The van der Waals surface area contributed by atoms with Crippen molar-refractivity contribution in [2.75, 3.05) is 46.4 Å². The highest BCUT2D eigenvalue weighted by atomic mass is 16.5. The number of ether oxygens (including phenoxy) is 1. The van der Waals surface area contributed by atoms with Crippen molar-refractivity contribution in [2.45, 2.75) is 51.6 Å². The van der Waals surface area contributed by atoms with Crippen LogP contribution < -0.4 is 4.74 Å². The van der Waals surface area contributed by atoms with Crippen molar-refractivity contribution in [1.29, 1.82) is 0 Å². The second kappa shape index (κ2) is 10.3. The normalized spacial score (nSPS) is 25.1. The molecule has 5 rings (SSSR count). The molecule has 3 fully saturated rings. The Kier molecular flexibility index (Phi) is 7.17. The first-order chi connectivity index (χ1) is 16.9. The largest absolute Gasteiger partial charge is 0.497 e. The molecular weight excluding hydrogens is 434 g/mol. The van der Waals surface area contributed by atoms with Crippen LogP contribution >= 0.6 is 0 Å². The van der Waals surface area contributed by atoms with Gasteiger partial charge < -0.3 is 14.5 Å². The van der Waals surface area contributed by atoms with Crippen molar-refractivity contribution in [3.63, 3.8) is 0 Å². The van der Waals surface area contributed by atoms with Crippen LogP contribution in [0.25, 0.3) is 0 Å². The molecule has 3 aliphatic heterocycles. The zero-order valence-corrected chi connectivity index (χ0v) is 21.7. The van der Waals surface area contributed by atoms with E-state index in [1.807, 2.05) is 12.1 Å². The fourth-order valence-electron chi connectivity index (χ4n) is 6.54. The minimum absolute atomic E-state index is 0.165. The van der Waals surface area contributed by atoms with E-state index in [2.05, 4.69) is 71.0 Å². The van der Waals surface area contributed by atoms with E-state index in [4.69, 9.17) is 4.74 Å². The van der Waals surface area contributed by atoms with Crippen molar-refractivity contribution in [2.24, 2.45) is 11.3 Å². The van der Waals surface area contributed by atoms with Crippen LogP contribution in [0.1, 0.15) is 50.2 Å². The minimum atomic E-state index is 0.165. The molecule has 1 spiro atoms. The maximum Gasteiger partial charge on any atom is 0.223 e. The molecule has 2 unspecified atom stereocenters. The first-order valence-electron chi connectivity index (χ1n) is 13.4. The predicted molar refractivity (Wildman–Crippen MR) is 141 cm³/mol. The fourth-order valence-corrected chi connectivity index (χ4v) is 6.54. The van der Waals surface area contributed by atoms with E-state index < -0.39 is 0 Å². The third-order valence-electron chi connectivity index (χ3n) is 8.77. The number of carbonyl (C=O) groups excluding carboxylic acids is 1. The smallest absolute Gasteiger partial charge is 0.223 e. The Balaban J connectivity index is 1.18. The molecule has 5 heteroatoms. The van der Waals surface area contributed by atoms with E-state index in [0.29, 0.717) is 36.8 Å². The van der Waals surface area contributed by atoms with Crippen LogP contribution in [0.2, 0.25) is 0 Å². The van der Waals surface area contributed by atoms with Crippen molar-refractivity contribution in [3.05, 3.63) is 65.7 Å². The summed E-state index contributed by atoms with van der Waals surface area (Å²) in [5.41, 5.74) is 2.83. The van der Waals surface area contributed by atoms with Gasteiger partial charge in [0, 0.05) is 51.1 Å². The van der Waals surface area contributed by atoms with E-state index in [0.717, 1.165) is 38.2 Å². The summed E-state index contributed by atoms with van der Waals surface area (Å²) in [5, 5.41) is 0. The third-order valence-corrected chi connectivity index (χ3v) is 8.77. The molecule has 0 aromatic heterocycles. The summed E-state index contributed by atoms with van der Waals surface area (Å²) < 4.78 is 5.27. The van der Waals surface area contributed by atoms with Gasteiger partial charge in [0.25, 0.3) is 0 Å². The minimum Gasteiger partial charge on any atom is -0.497 e. The Morgan fingerprint density at radius 3 is 2.37 bits per heavy atom. The van der Waals surface area contributed by atoms with Gasteiger partial charge >= 0.3 is 0 Å². The average Bonchev–Trinajstić information content (AvgIpc) is 3.43. The summed E-state index contributed by atoms with van der Waals surface area (Å²) in [6.45, 7) is 12.0. The van der Waals surface area contributed by atoms with E-state index in [-0.39, 0.29) is 5.41 Å². The van der Waals surface area contributed by atoms with Gasteiger partial charge in [0.15, 0.2) is 0 Å². The SMILES string of the molecule is COc1ccc(CN2CC3(CCN(CC4CN(C(C)C)CC4c4ccccc4)CC3)CC2=O)cc1. The van der Waals surface area contributed by atoms with E-state index >= 15 is 0 Å². The van der Waals surface area contributed by atoms with E-state index in [1.165, 1.54) is 30.8 Å². The van der Waals surface area contributed by atoms with E-state index in [1.54, 1.807) is 7.11 Å². The number of methoxy groups -OCH3 is 1. The van der Waals surface area contributed by atoms with Gasteiger partial charge in [-0.3, -0.25) is 9.69 Å². The third kappa shape index (κ3) is 5.41. The Morgan fingerprint density at radius 2 is 1.71 bits per heavy atom. The number of amides is 1. The maximum atomic E-state index is 12.9. The number of rotatable bonds is 7. The van der Waals surface area contributed by atoms with Crippen molar-refractivity contribution < 1.29 is 9.53 Å². The number of carbonyl (C=O) groups is 1.